The van der Waals surface area contributed by atoms with Gasteiger partial charge in [-0.2, -0.15) is 5.10 Å². The lowest BCUT2D eigenvalue weighted by Crippen LogP contribution is -2.36. The van der Waals surface area contributed by atoms with E-state index < -0.39 is 17.3 Å². The van der Waals surface area contributed by atoms with Gasteiger partial charge in [0.2, 0.25) is 11.8 Å². The summed E-state index contributed by atoms with van der Waals surface area (Å²) >= 11 is 0. The van der Waals surface area contributed by atoms with Crippen LogP contribution >= 0.6 is 0 Å². The number of hydrogen-bond donors (Lipinski definition) is 2. The lowest BCUT2D eigenvalue weighted by molar-refractivity contribution is -0.132. The van der Waals surface area contributed by atoms with Gasteiger partial charge in [-0.1, -0.05) is 44.4 Å². The number of amides is 1. The molecular formula is C23H28N4O5. The number of carbonyl (C=O) groups excluding carboxylic acids is 1. The van der Waals surface area contributed by atoms with Gasteiger partial charge in [-0.25, -0.2) is 9.80 Å². The molecule has 1 unspecified atom stereocenters. The van der Waals surface area contributed by atoms with E-state index in [4.69, 9.17) is 4.74 Å². The SMILES string of the molecule is CCC(=O)N1N=C(c2c(O)n(C3CCCCC3)c(=O)[nH]c2=O)CC1c1ccccc1OC. The van der Waals surface area contributed by atoms with Crippen molar-refractivity contribution >= 4 is 11.6 Å². The van der Waals surface area contributed by atoms with Crippen LogP contribution in [0.15, 0.2) is 39.0 Å². The van der Waals surface area contributed by atoms with Gasteiger partial charge in [0.15, 0.2) is 0 Å². The van der Waals surface area contributed by atoms with Gasteiger partial charge in [0, 0.05) is 24.4 Å². The van der Waals surface area contributed by atoms with Crippen molar-refractivity contribution in [2.75, 3.05) is 7.11 Å². The van der Waals surface area contributed by atoms with Crippen LogP contribution < -0.4 is 16.0 Å². The number of nitrogens with zero attached hydrogens (tertiary/aromatic N) is 3. The van der Waals surface area contributed by atoms with E-state index in [2.05, 4.69) is 10.1 Å². The number of aromatic amines is 1. The molecule has 170 valence electrons. The third-order valence-corrected chi connectivity index (χ3v) is 6.31. The Morgan fingerprint density at radius 1 is 1.22 bits per heavy atom. The highest BCUT2D eigenvalue weighted by Gasteiger charge is 2.37. The van der Waals surface area contributed by atoms with E-state index in [0.717, 1.165) is 37.7 Å². The van der Waals surface area contributed by atoms with E-state index in [0.29, 0.717) is 5.75 Å². The van der Waals surface area contributed by atoms with E-state index in [1.807, 2.05) is 18.2 Å². The maximum absolute atomic E-state index is 12.8. The number of methoxy groups -OCH3 is 1. The van der Waals surface area contributed by atoms with Gasteiger partial charge in [0.05, 0.1) is 18.9 Å². The molecule has 0 spiro atoms. The summed E-state index contributed by atoms with van der Waals surface area (Å²) in [6, 6.07) is 6.68. The lowest BCUT2D eigenvalue weighted by Gasteiger charge is -2.25. The van der Waals surface area contributed by atoms with E-state index >= 15 is 0 Å². The summed E-state index contributed by atoms with van der Waals surface area (Å²) in [6.45, 7) is 1.74. The van der Waals surface area contributed by atoms with Crippen LogP contribution in [-0.2, 0) is 4.79 Å². The van der Waals surface area contributed by atoms with Crippen molar-refractivity contribution in [3.63, 3.8) is 0 Å². The number of hydrogen-bond acceptors (Lipinski definition) is 6. The number of para-hydroxylation sites is 1. The summed E-state index contributed by atoms with van der Waals surface area (Å²) in [4.78, 5) is 40.3. The normalized spacial score (nSPS) is 19.1. The molecular weight excluding hydrogens is 412 g/mol. The van der Waals surface area contributed by atoms with Crippen LogP contribution in [0.2, 0.25) is 0 Å². The Hall–Kier alpha value is -3.36. The minimum atomic E-state index is -0.706. The summed E-state index contributed by atoms with van der Waals surface area (Å²) < 4.78 is 6.75. The number of carbonyl (C=O) groups is 1. The minimum absolute atomic E-state index is 0.0542. The molecule has 1 aliphatic heterocycles. The monoisotopic (exact) mass is 440 g/mol. The Bertz CT molecular complexity index is 1160. The van der Waals surface area contributed by atoms with Crippen LogP contribution in [0.5, 0.6) is 11.6 Å². The molecule has 1 fully saturated rings. The van der Waals surface area contributed by atoms with E-state index in [1.54, 1.807) is 20.1 Å². The first-order valence-electron chi connectivity index (χ1n) is 11.1. The number of benzene rings is 1. The molecule has 2 aromatic rings. The predicted octanol–water partition coefficient (Wildman–Crippen LogP) is 2.84. The maximum Gasteiger partial charge on any atom is 0.331 e. The van der Waals surface area contributed by atoms with Crippen LogP contribution in [0.4, 0.5) is 0 Å². The first-order valence-corrected chi connectivity index (χ1v) is 11.1. The molecule has 2 N–H and O–H groups in total. The molecule has 2 aliphatic rings. The van der Waals surface area contributed by atoms with Crippen molar-refractivity contribution < 1.29 is 14.6 Å². The molecule has 4 rings (SSSR count). The van der Waals surface area contributed by atoms with Crippen molar-refractivity contribution in [2.45, 2.75) is 64.0 Å². The van der Waals surface area contributed by atoms with Gasteiger partial charge >= 0.3 is 5.69 Å². The van der Waals surface area contributed by atoms with Crippen molar-refractivity contribution in [1.29, 1.82) is 0 Å². The van der Waals surface area contributed by atoms with E-state index in [9.17, 15) is 19.5 Å². The van der Waals surface area contributed by atoms with Crippen LogP contribution in [-0.4, -0.2) is 38.4 Å². The summed E-state index contributed by atoms with van der Waals surface area (Å²) in [7, 11) is 1.55. The average molecular weight is 441 g/mol. The predicted molar refractivity (Wildman–Crippen MR) is 119 cm³/mol. The molecule has 0 saturated heterocycles. The molecule has 32 heavy (non-hydrogen) atoms. The maximum atomic E-state index is 12.8. The van der Waals surface area contributed by atoms with Crippen LogP contribution in [0.25, 0.3) is 0 Å². The summed E-state index contributed by atoms with van der Waals surface area (Å²) in [5.74, 6) is 0.00885. The number of ether oxygens (including phenoxy) is 1. The molecule has 1 amide bonds. The van der Waals surface area contributed by atoms with Gasteiger partial charge in [0.25, 0.3) is 5.56 Å². The molecule has 0 bridgehead atoms. The van der Waals surface area contributed by atoms with E-state index in [-0.39, 0.29) is 41.9 Å². The molecule has 1 aromatic carbocycles. The van der Waals surface area contributed by atoms with Gasteiger partial charge in [-0.3, -0.25) is 19.1 Å². The molecule has 1 saturated carbocycles. The average Bonchev–Trinajstić information content (AvgIpc) is 3.23. The van der Waals surface area contributed by atoms with E-state index in [1.165, 1.54) is 9.58 Å². The Morgan fingerprint density at radius 3 is 2.62 bits per heavy atom. The van der Waals surface area contributed by atoms with Gasteiger partial charge in [0.1, 0.15) is 11.3 Å². The zero-order valence-electron chi connectivity index (χ0n) is 18.3. The van der Waals surface area contributed by atoms with Crippen LogP contribution in [0.1, 0.15) is 75.1 Å². The van der Waals surface area contributed by atoms with Crippen molar-refractivity contribution in [1.82, 2.24) is 14.6 Å². The van der Waals surface area contributed by atoms with Crippen molar-refractivity contribution in [3.05, 3.63) is 56.2 Å². The molecule has 9 heteroatoms. The largest absolute Gasteiger partial charge is 0.496 e. The third kappa shape index (κ3) is 3.83. The van der Waals surface area contributed by atoms with Gasteiger partial charge in [-0.05, 0) is 18.9 Å². The number of nitrogens with one attached hydrogen (secondary N) is 1. The Labute approximate surface area is 185 Å². The summed E-state index contributed by atoms with van der Waals surface area (Å²) in [6.07, 6.45) is 4.97. The molecule has 1 aliphatic carbocycles. The highest BCUT2D eigenvalue weighted by Crippen LogP contribution is 2.38. The smallest absolute Gasteiger partial charge is 0.331 e. The lowest BCUT2D eigenvalue weighted by atomic mass is 9.94. The molecule has 1 aromatic heterocycles. The molecule has 9 nitrogen and oxygen atoms in total. The fourth-order valence-electron chi connectivity index (χ4n) is 4.71. The van der Waals surface area contributed by atoms with Gasteiger partial charge < -0.3 is 9.84 Å². The number of H-pyrrole nitrogens is 1. The second-order valence-corrected chi connectivity index (χ2v) is 8.22. The van der Waals surface area contributed by atoms with Crippen molar-refractivity contribution in [2.24, 2.45) is 5.10 Å². The highest BCUT2D eigenvalue weighted by molar-refractivity contribution is 6.04. The van der Waals surface area contributed by atoms with Crippen LogP contribution in [0.3, 0.4) is 0 Å². The number of aromatic nitrogens is 2. The second kappa shape index (κ2) is 9.02. The Balaban J connectivity index is 1.80. The summed E-state index contributed by atoms with van der Waals surface area (Å²) in [5, 5.41) is 16.8. The highest BCUT2D eigenvalue weighted by atomic mass is 16.5. The standard InChI is InChI=1S/C23H28N4O5/c1-3-19(28)27-17(15-11-7-8-12-18(15)32-2)13-16(25-27)20-21(29)24-23(31)26(22(20)30)14-9-5-4-6-10-14/h7-8,11-12,14,17,30H,3-6,9-10,13H2,1-2H3,(H,24,29,31). The topological polar surface area (TPSA) is 117 Å². The Kier molecular flexibility index (Phi) is 6.16. The van der Waals surface area contributed by atoms with Gasteiger partial charge in [-0.15, -0.1) is 0 Å². The molecule has 0 radical (unpaired) electrons. The zero-order valence-corrected chi connectivity index (χ0v) is 18.3. The number of hydrazone groups is 1. The zero-order chi connectivity index (χ0) is 22.8. The van der Waals surface area contributed by atoms with Crippen LogP contribution in [0, 0.1) is 0 Å². The molecule has 2 heterocycles. The Morgan fingerprint density at radius 2 is 1.94 bits per heavy atom. The fraction of sp³-hybridized carbons (Fsp3) is 0.478. The first kappa shape index (κ1) is 21.9. The van der Waals surface area contributed by atoms with Crippen molar-refractivity contribution in [3.8, 4) is 11.6 Å². The first-order chi connectivity index (χ1) is 15.5. The number of aromatic hydroxyl groups is 1. The number of rotatable bonds is 5. The molecule has 1 atom stereocenters. The fourth-order valence-corrected chi connectivity index (χ4v) is 4.71. The quantitative estimate of drug-likeness (QED) is 0.741. The third-order valence-electron chi connectivity index (χ3n) is 6.31. The second-order valence-electron chi connectivity index (χ2n) is 8.22. The summed E-state index contributed by atoms with van der Waals surface area (Å²) in [5.41, 5.74) is -0.355. The minimum Gasteiger partial charge on any atom is -0.496 e.